The van der Waals surface area contributed by atoms with Gasteiger partial charge in [0.25, 0.3) is 11.8 Å². The van der Waals surface area contributed by atoms with Gasteiger partial charge in [-0.05, 0) is 49.2 Å². The lowest BCUT2D eigenvalue weighted by Gasteiger charge is -2.11. The van der Waals surface area contributed by atoms with Gasteiger partial charge in [-0.25, -0.2) is 0 Å². The number of carbonyl (C=O) groups is 2. The van der Waals surface area contributed by atoms with Gasteiger partial charge < -0.3 is 9.47 Å². The van der Waals surface area contributed by atoms with Crippen molar-refractivity contribution in [1.82, 2.24) is 10.9 Å². The highest BCUT2D eigenvalue weighted by Gasteiger charge is 2.08. The molecule has 0 aliphatic carbocycles. The number of hydrogen-bond donors (Lipinski definition) is 2. The van der Waals surface area contributed by atoms with Crippen molar-refractivity contribution in [3.63, 3.8) is 0 Å². The van der Waals surface area contributed by atoms with E-state index in [0.29, 0.717) is 16.5 Å². The molecule has 0 spiro atoms. The summed E-state index contributed by atoms with van der Waals surface area (Å²) < 4.78 is 10.7. The zero-order chi connectivity index (χ0) is 18.2. The minimum Gasteiger partial charge on any atom is -0.484 e. The summed E-state index contributed by atoms with van der Waals surface area (Å²) in [4.78, 5) is 23.4. The van der Waals surface area contributed by atoms with Gasteiger partial charge in [0.15, 0.2) is 13.2 Å². The summed E-state index contributed by atoms with van der Waals surface area (Å²) in [5.41, 5.74) is 6.29. The second-order valence-electron chi connectivity index (χ2n) is 5.35. The number of ether oxygens (including phenoxy) is 2. The molecule has 0 saturated heterocycles. The van der Waals surface area contributed by atoms with E-state index >= 15 is 0 Å². The largest absolute Gasteiger partial charge is 0.484 e. The SMILES string of the molecule is Cc1cc(OCC(=O)NNC(=O)COc2ccccc2C)ccc1Cl. The van der Waals surface area contributed by atoms with Crippen LogP contribution < -0.4 is 20.3 Å². The quantitative estimate of drug-likeness (QED) is 0.774. The van der Waals surface area contributed by atoms with Crippen LogP contribution in [0.2, 0.25) is 5.02 Å². The monoisotopic (exact) mass is 362 g/mol. The summed E-state index contributed by atoms with van der Waals surface area (Å²) in [6.45, 7) is 3.27. The molecule has 0 bridgehead atoms. The van der Waals surface area contributed by atoms with Crippen molar-refractivity contribution in [3.05, 3.63) is 58.6 Å². The van der Waals surface area contributed by atoms with E-state index in [4.69, 9.17) is 21.1 Å². The van der Waals surface area contributed by atoms with Gasteiger partial charge in [0.2, 0.25) is 0 Å². The molecule has 0 aliphatic heterocycles. The summed E-state index contributed by atoms with van der Waals surface area (Å²) in [5.74, 6) is 0.174. The molecular formula is C18H19ClN2O4. The lowest BCUT2D eigenvalue weighted by atomic mass is 10.2. The van der Waals surface area contributed by atoms with Crippen molar-refractivity contribution < 1.29 is 19.1 Å². The molecule has 0 aromatic heterocycles. The van der Waals surface area contributed by atoms with Crippen LogP contribution in [-0.2, 0) is 9.59 Å². The summed E-state index contributed by atoms with van der Waals surface area (Å²) in [7, 11) is 0. The van der Waals surface area contributed by atoms with Gasteiger partial charge in [0, 0.05) is 5.02 Å². The number of amides is 2. The molecule has 6 nitrogen and oxygen atoms in total. The Kier molecular flexibility index (Phi) is 6.65. The normalized spacial score (nSPS) is 10.0. The molecule has 2 N–H and O–H groups in total. The van der Waals surface area contributed by atoms with Gasteiger partial charge >= 0.3 is 0 Å². The predicted octanol–water partition coefficient (Wildman–Crippen LogP) is 2.56. The minimum atomic E-state index is -0.489. The van der Waals surface area contributed by atoms with E-state index in [1.807, 2.05) is 32.0 Å². The molecule has 0 unspecified atom stereocenters. The van der Waals surface area contributed by atoms with E-state index < -0.39 is 11.8 Å². The number of benzene rings is 2. The molecule has 7 heteroatoms. The number of halogens is 1. The number of hydrogen-bond acceptors (Lipinski definition) is 4. The van der Waals surface area contributed by atoms with Crippen LogP contribution >= 0.6 is 11.6 Å². The maximum atomic E-state index is 11.7. The zero-order valence-corrected chi connectivity index (χ0v) is 14.7. The van der Waals surface area contributed by atoms with Crippen LogP contribution in [-0.4, -0.2) is 25.0 Å². The first-order valence-corrected chi connectivity index (χ1v) is 7.98. The van der Waals surface area contributed by atoms with Gasteiger partial charge in [-0.1, -0.05) is 29.8 Å². The van der Waals surface area contributed by atoms with Crippen LogP contribution in [0.4, 0.5) is 0 Å². The Bertz CT molecular complexity index is 764. The van der Waals surface area contributed by atoms with Gasteiger partial charge in [-0.3, -0.25) is 20.4 Å². The standard InChI is InChI=1S/C18H19ClN2O4/c1-12-5-3-4-6-16(12)25-11-18(23)21-20-17(22)10-24-14-7-8-15(19)13(2)9-14/h3-9H,10-11H2,1-2H3,(H,20,22)(H,21,23). The number of nitrogens with one attached hydrogen (secondary N) is 2. The minimum absolute atomic E-state index is 0.206. The number of hydrazine groups is 1. The summed E-state index contributed by atoms with van der Waals surface area (Å²) in [5, 5.41) is 0.623. The maximum Gasteiger partial charge on any atom is 0.276 e. The average Bonchev–Trinajstić information content (AvgIpc) is 2.60. The second-order valence-corrected chi connectivity index (χ2v) is 5.76. The number of rotatable bonds is 6. The smallest absolute Gasteiger partial charge is 0.276 e. The topological polar surface area (TPSA) is 76.7 Å². The van der Waals surface area contributed by atoms with Gasteiger partial charge in [-0.2, -0.15) is 0 Å². The molecular weight excluding hydrogens is 344 g/mol. The third kappa shape index (κ3) is 6.00. The van der Waals surface area contributed by atoms with E-state index in [1.165, 1.54) is 0 Å². The fourth-order valence-corrected chi connectivity index (χ4v) is 2.05. The van der Waals surface area contributed by atoms with Gasteiger partial charge in [-0.15, -0.1) is 0 Å². The molecule has 0 atom stereocenters. The fraction of sp³-hybridized carbons (Fsp3) is 0.222. The van der Waals surface area contributed by atoms with E-state index in [2.05, 4.69) is 10.9 Å². The molecule has 0 aliphatic rings. The third-order valence-corrected chi connectivity index (χ3v) is 3.72. The van der Waals surface area contributed by atoms with Crippen molar-refractivity contribution in [1.29, 1.82) is 0 Å². The van der Waals surface area contributed by atoms with Crippen LogP contribution in [0, 0.1) is 13.8 Å². The van der Waals surface area contributed by atoms with Crippen LogP contribution in [0.25, 0.3) is 0 Å². The zero-order valence-electron chi connectivity index (χ0n) is 14.0. The van der Waals surface area contributed by atoms with Crippen LogP contribution in [0.3, 0.4) is 0 Å². The lowest BCUT2D eigenvalue weighted by molar-refractivity contribution is -0.131. The van der Waals surface area contributed by atoms with Crippen molar-refractivity contribution in [2.24, 2.45) is 0 Å². The molecule has 0 saturated carbocycles. The van der Waals surface area contributed by atoms with Crippen molar-refractivity contribution in [2.45, 2.75) is 13.8 Å². The van der Waals surface area contributed by atoms with Gasteiger partial charge in [0.1, 0.15) is 11.5 Å². The number of para-hydroxylation sites is 1. The maximum absolute atomic E-state index is 11.7. The summed E-state index contributed by atoms with van der Waals surface area (Å²) in [6.07, 6.45) is 0. The Hall–Kier alpha value is -2.73. The number of carbonyl (C=O) groups excluding carboxylic acids is 2. The molecule has 132 valence electrons. The lowest BCUT2D eigenvalue weighted by Crippen LogP contribution is -2.45. The van der Waals surface area contributed by atoms with E-state index in [9.17, 15) is 9.59 Å². The highest BCUT2D eigenvalue weighted by molar-refractivity contribution is 6.31. The fourth-order valence-electron chi connectivity index (χ4n) is 1.93. The van der Waals surface area contributed by atoms with E-state index in [1.54, 1.807) is 24.3 Å². The molecule has 2 aromatic rings. The molecule has 2 rings (SSSR count). The Morgan fingerprint density at radius 3 is 2.20 bits per heavy atom. The van der Waals surface area contributed by atoms with Crippen molar-refractivity contribution in [2.75, 3.05) is 13.2 Å². The molecule has 0 heterocycles. The highest BCUT2D eigenvalue weighted by atomic mass is 35.5. The van der Waals surface area contributed by atoms with Crippen LogP contribution in [0.15, 0.2) is 42.5 Å². The highest BCUT2D eigenvalue weighted by Crippen LogP contribution is 2.20. The molecule has 0 radical (unpaired) electrons. The summed E-state index contributed by atoms with van der Waals surface area (Å²) in [6, 6.07) is 12.4. The molecule has 2 aromatic carbocycles. The van der Waals surface area contributed by atoms with Gasteiger partial charge in [0.05, 0.1) is 0 Å². The van der Waals surface area contributed by atoms with Crippen molar-refractivity contribution in [3.8, 4) is 11.5 Å². The molecule has 25 heavy (non-hydrogen) atoms. The first-order valence-electron chi connectivity index (χ1n) is 7.61. The predicted molar refractivity (Wildman–Crippen MR) is 94.6 cm³/mol. The Labute approximate surface area is 151 Å². The number of aryl methyl sites for hydroxylation is 2. The summed E-state index contributed by atoms with van der Waals surface area (Å²) >= 11 is 5.92. The third-order valence-electron chi connectivity index (χ3n) is 3.29. The molecule has 0 fully saturated rings. The first-order chi connectivity index (χ1) is 12.0. The van der Waals surface area contributed by atoms with Crippen LogP contribution in [0.5, 0.6) is 11.5 Å². The second kappa shape index (κ2) is 8.94. The first kappa shape index (κ1) is 18.6. The van der Waals surface area contributed by atoms with Crippen molar-refractivity contribution >= 4 is 23.4 Å². The Morgan fingerprint density at radius 2 is 1.56 bits per heavy atom. The van der Waals surface area contributed by atoms with E-state index in [0.717, 1.165) is 11.1 Å². The molecule has 2 amide bonds. The Balaban J connectivity index is 1.69. The van der Waals surface area contributed by atoms with Crippen LogP contribution in [0.1, 0.15) is 11.1 Å². The Morgan fingerprint density at radius 1 is 0.920 bits per heavy atom. The average molecular weight is 363 g/mol. The van der Waals surface area contributed by atoms with E-state index in [-0.39, 0.29) is 13.2 Å².